The highest BCUT2D eigenvalue weighted by atomic mass is 19.2. The van der Waals surface area contributed by atoms with Gasteiger partial charge in [0.2, 0.25) is 0 Å². The van der Waals surface area contributed by atoms with Crippen LogP contribution in [0.2, 0.25) is 0 Å². The molecule has 16 heavy (non-hydrogen) atoms. The van der Waals surface area contributed by atoms with E-state index in [0.29, 0.717) is 0 Å². The molecule has 1 aromatic rings. The molecule has 5 heteroatoms. The highest BCUT2D eigenvalue weighted by Crippen LogP contribution is 2.26. The van der Waals surface area contributed by atoms with Gasteiger partial charge < -0.3 is 4.74 Å². The average molecular weight is 232 g/mol. The van der Waals surface area contributed by atoms with Gasteiger partial charge in [-0.25, -0.2) is 13.2 Å². The van der Waals surface area contributed by atoms with Crippen LogP contribution < -0.4 is 0 Å². The molecule has 0 spiro atoms. The van der Waals surface area contributed by atoms with Crippen molar-refractivity contribution in [1.82, 2.24) is 0 Å². The quantitative estimate of drug-likeness (QED) is 0.591. The normalized spacial score (nSPS) is 12.3. The van der Waals surface area contributed by atoms with E-state index >= 15 is 0 Å². The van der Waals surface area contributed by atoms with Crippen LogP contribution in [0.1, 0.15) is 24.8 Å². The molecule has 2 nitrogen and oxygen atoms in total. The van der Waals surface area contributed by atoms with Gasteiger partial charge in [-0.3, -0.25) is 4.79 Å². The second-order valence-electron chi connectivity index (χ2n) is 3.25. The Labute approximate surface area is 91.0 Å². The third kappa shape index (κ3) is 2.18. The number of benzene rings is 1. The molecule has 0 N–H and O–H groups in total. The summed E-state index contributed by atoms with van der Waals surface area (Å²) in [6.45, 7) is 1.63. The van der Waals surface area contributed by atoms with E-state index < -0.39 is 29.3 Å². The van der Waals surface area contributed by atoms with Crippen molar-refractivity contribution in [3.05, 3.63) is 35.1 Å². The third-order valence-electron chi connectivity index (χ3n) is 2.33. The fourth-order valence-corrected chi connectivity index (χ4v) is 1.47. The number of ether oxygens (including phenoxy) is 1. The Balaban J connectivity index is 3.21. The molecule has 0 saturated carbocycles. The van der Waals surface area contributed by atoms with Crippen LogP contribution in [-0.4, -0.2) is 13.1 Å². The number of rotatable bonds is 3. The lowest BCUT2D eigenvalue weighted by Gasteiger charge is -2.13. The van der Waals surface area contributed by atoms with E-state index in [9.17, 15) is 18.0 Å². The van der Waals surface area contributed by atoms with Gasteiger partial charge in [0.15, 0.2) is 17.5 Å². The molecule has 0 aromatic heterocycles. The van der Waals surface area contributed by atoms with E-state index in [1.807, 2.05) is 0 Å². The van der Waals surface area contributed by atoms with Gasteiger partial charge in [0.05, 0.1) is 13.0 Å². The van der Waals surface area contributed by atoms with Crippen LogP contribution in [0.15, 0.2) is 12.1 Å². The molecular weight excluding hydrogens is 221 g/mol. The summed E-state index contributed by atoms with van der Waals surface area (Å²) >= 11 is 0. The van der Waals surface area contributed by atoms with Gasteiger partial charge in [-0.1, -0.05) is 13.0 Å². The molecular formula is C11H11F3O2. The predicted molar refractivity (Wildman–Crippen MR) is 51.4 cm³/mol. The summed E-state index contributed by atoms with van der Waals surface area (Å²) in [6, 6.07) is 1.85. The molecule has 1 unspecified atom stereocenters. The summed E-state index contributed by atoms with van der Waals surface area (Å²) in [7, 11) is 1.16. The Bertz CT molecular complexity index is 404. The monoisotopic (exact) mass is 232 g/mol. The lowest BCUT2D eigenvalue weighted by Crippen LogP contribution is -2.15. The Hall–Kier alpha value is -1.52. The summed E-state index contributed by atoms with van der Waals surface area (Å²) in [5, 5.41) is 0. The lowest BCUT2D eigenvalue weighted by molar-refractivity contribution is -0.142. The van der Waals surface area contributed by atoms with Gasteiger partial charge >= 0.3 is 5.97 Å². The van der Waals surface area contributed by atoms with Crippen molar-refractivity contribution in [3.8, 4) is 0 Å². The van der Waals surface area contributed by atoms with Crippen molar-refractivity contribution in [1.29, 1.82) is 0 Å². The van der Waals surface area contributed by atoms with E-state index in [0.717, 1.165) is 19.2 Å². The maximum absolute atomic E-state index is 13.4. The molecule has 0 fully saturated rings. The van der Waals surface area contributed by atoms with E-state index in [4.69, 9.17) is 0 Å². The fourth-order valence-electron chi connectivity index (χ4n) is 1.47. The maximum atomic E-state index is 13.4. The van der Waals surface area contributed by atoms with Crippen molar-refractivity contribution in [2.75, 3.05) is 7.11 Å². The molecule has 0 aliphatic heterocycles. The molecule has 0 saturated heterocycles. The number of hydrogen-bond acceptors (Lipinski definition) is 2. The minimum absolute atomic E-state index is 0.187. The predicted octanol–water partition coefficient (Wildman–Crippen LogP) is 2.77. The molecule has 0 bridgehead atoms. The second-order valence-corrected chi connectivity index (χ2v) is 3.25. The smallest absolute Gasteiger partial charge is 0.313 e. The molecule has 1 aromatic carbocycles. The second kappa shape index (κ2) is 5.01. The molecule has 0 heterocycles. The first-order valence-electron chi connectivity index (χ1n) is 4.74. The van der Waals surface area contributed by atoms with Gasteiger partial charge in [0, 0.05) is 5.56 Å². The zero-order chi connectivity index (χ0) is 12.3. The SMILES string of the molecule is CCC(C(=O)OC)c1ccc(F)c(F)c1F. The summed E-state index contributed by atoms with van der Waals surface area (Å²) in [5.74, 6) is -5.77. The van der Waals surface area contributed by atoms with Crippen molar-refractivity contribution in [3.63, 3.8) is 0 Å². The first-order chi connectivity index (χ1) is 7.52. The highest BCUT2D eigenvalue weighted by Gasteiger charge is 2.25. The van der Waals surface area contributed by atoms with Gasteiger partial charge in [0.1, 0.15) is 0 Å². The first kappa shape index (κ1) is 12.5. The highest BCUT2D eigenvalue weighted by molar-refractivity contribution is 5.78. The molecule has 0 radical (unpaired) electrons. The van der Waals surface area contributed by atoms with E-state index in [1.165, 1.54) is 0 Å². The third-order valence-corrected chi connectivity index (χ3v) is 2.33. The minimum Gasteiger partial charge on any atom is -0.469 e. The first-order valence-corrected chi connectivity index (χ1v) is 4.74. The van der Waals surface area contributed by atoms with Crippen LogP contribution in [0.3, 0.4) is 0 Å². The van der Waals surface area contributed by atoms with Crippen molar-refractivity contribution in [2.45, 2.75) is 19.3 Å². The van der Waals surface area contributed by atoms with E-state index in [1.54, 1.807) is 6.92 Å². The topological polar surface area (TPSA) is 26.3 Å². The molecule has 0 aliphatic rings. The summed E-state index contributed by atoms with van der Waals surface area (Å²) in [4.78, 5) is 11.3. The van der Waals surface area contributed by atoms with Crippen molar-refractivity contribution in [2.24, 2.45) is 0 Å². The van der Waals surface area contributed by atoms with Crippen LogP contribution in [0.5, 0.6) is 0 Å². The van der Waals surface area contributed by atoms with Gasteiger partial charge in [-0.05, 0) is 12.5 Å². The molecule has 1 atom stereocenters. The molecule has 0 amide bonds. The minimum atomic E-state index is -1.57. The molecule has 1 rings (SSSR count). The average Bonchev–Trinajstić information content (AvgIpc) is 2.29. The standard InChI is InChI=1S/C11H11F3O2/c1-3-6(11(15)16-2)7-4-5-8(12)10(14)9(7)13/h4-6H,3H2,1-2H3. The number of carbonyl (C=O) groups is 1. The van der Waals surface area contributed by atoms with Crippen LogP contribution in [0.4, 0.5) is 13.2 Å². The summed E-state index contributed by atoms with van der Waals surface area (Å²) < 4.78 is 43.5. The number of carbonyl (C=O) groups excluding carboxylic acids is 1. The zero-order valence-electron chi connectivity index (χ0n) is 8.89. The zero-order valence-corrected chi connectivity index (χ0v) is 8.89. The van der Waals surface area contributed by atoms with E-state index in [2.05, 4.69) is 4.74 Å². The maximum Gasteiger partial charge on any atom is 0.313 e. The Morgan fingerprint density at radius 1 is 1.31 bits per heavy atom. The van der Waals surface area contributed by atoms with Gasteiger partial charge in [-0.2, -0.15) is 0 Å². The largest absolute Gasteiger partial charge is 0.469 e. The number of esters is 1. The van der Waals surface area contributed by atoms with Gasteiger partial charge in [-0.15, -0.1) is 0 Å². The number of hydrogen-bond donors (Lipinski definition) is 0. The van der Waals surface area contributed by atoms with Crippen LogP contribution in [0, 0.1) is 17.5 Å². The lowest BCUT2D eigenvalue weighted by atomic mass is 9.96. The van der Waals surface area contributed by atoms with Crippen molar-refractivity contribution >= 4 is 5.97 Å². The number of halogens is 3. The fraction of sp³-hybridized carbons (Fsp3) is 0.364. The van der Waals surface area contributed by atoms with Crippen LogP contribution in [-0.2, 0) is 9.53 Å². The van der Waals surface area contributed by atoms with Crippen molar-refractivity contribution < 1.29 is 22.7 Å². The van der Waals surface area contributed by atoms with Gasteiger partial charge in [0.25, 0.3) is 0 Å². The Morgan fingerprint density at radius 2 is 1.94 bits per heavy atom. The Morgan fingerprint density at radius 3 is 2.44 bits per heavy atom. The molecule has 0 aliphatic carbocycles. The number of methoxy groups -OCH3 is 1. The summed E-state index contributed by atoms with van der Waals surface area (Å²) in [6.07, 6.45) is 0.245. The van der Waals surface area contributed by atoms with Crippen LogP contribution in [0.25, 0.3) is 0 Å². The Kier molecular flexibility index (Phi) is 3.93. The van der Waals surface area contributed by atoms with E-state index in [-0.39, 0.29) is 12.0 Å². The molecule has 88 valence electrons. The van der Waals surface area contributed by atoms with Crippen LogP contribution >= 0.6 is 0 Å². The summed E-state index contributed by atoms with van der Waals surface area (Å²) in [5.41, 5.74) is -0.187.